The highest BCUT2D eigenvalue weighted by molar-refractivity contribution is 7.21. The van der Waals surface area contributed by atoms with Crippen molar-refractivity contribution in [3.8, 4) is 0 Å². The molecule has 2 fully saturated rings. The first-order valence-electron chi connectivity index (χ1n) is 9.71. The van der Waals surface area contributed by atoms with Crippen molar-refractivity contribution < 1.29 is 9.59 Å². The standard InChI is InChI=1S/C21H26N2O2S/c1-15-17-7-3-4-8-18(17)26-19(15)21(25)23-13-9-16(10-14-23)20(24)22-11-5-2-6-12-22/h3-4,7-8,16H,2,5-6,9-14H2,1H3. The molecule has 0 aliphatic carbocycles. The fourth-order valence-electron chi connectivity index (χ4n) is 4.22. The maximum atomic E-state index is 13.0. The number of thiophene rings is 1. The molecule has 1 aromatic heterocycles. The first-order chi connectivity index (χ1) is 12.6. The number of fused-ring (bicyclic) bond motifs is 1. The number of rotatable bonds is 2. The lowest BCUT2D eigenvalue weighted by molar-refractivity contribution is -0.137. The predicted molar refractivity (Wildman–Crippen MR) is 106 cm³/mol. The van der Waals surface area contributed by atoms with Crippen molar-refractivity contribution in [2.75, 3.05) is 26.2 Å². The molecule has 0 unspecified atom stereocenters. The lowest BCUT2D eigenvalue weighted by atomic mass is 9.94. The van der Waals surface area contributed by atoms with Gasteiger partial charge in [0.2, 0.25) is 5.91 Å². The van der Waals surface area contributed by atoms with Crippen LogP contribution in [0.2, 0.25) is 0 Å². The molecule has 2 aliphatic heterocycles. The summed E-state index contributed by atoms with van der Waals surface area (Å²) in [6.07, 6.45) is 5.10. The number of likely N-dealkylation sites (tertiary alicyclic amines) is 2. The number of amides is 2. The molecule has 2 aliphatic rings. The van der Waals surface area contributed by atoms with Crippen molar-refractivity contribution in [1.82, 2.24) is 9.80 Å². The van der Waals surface area contributed by atoms with E-state index in [1.165, 1.54) is 16.5 Å². The van der Waals surface area contributed by atoms with Crippen molar-refractivity contribution in [1.29, 1.82) is 0 Å². The van der Waals surface area contributed by atoms with Crippen molar-refractivity contribution >= 4 is 33.2 Å². The van der Waals surface area contributed by atoms with E-state index in [0.29, 0.717) is 19.0 Å². The van der Waals surface area contributed by atoms with E-state index in [9.17, 15) is 9.59 Å². The molecule has 3 heterocycles. The van der Waals surface area contributed by atoms with Crippen LogP contribution in [0.3, 0.4) is 0 Å². The van der Waals surface area contributed by atoms with Crippen molar-refractivity contribution in [2.45, 2.75) is 39.0 Å². The second kappa shape index (κ2) is 7.39. The van der Waals surface area contributed by atoms with E-state index in [1.807, 2.05) is 28.9 Å². The minimum atomic E-state index is 0.0978. The predicted octanol–water partition coefficient (Wildman–Crippen LogP) is 4.07. The Hall–Kier alpha value is -1.88. The highest BCUT2D eigenvalue weighted by atomic mass is 32.1. The van der Waals surface area contributed by atoms with Gasteiger partial charge in [-0.25, -0.2) is 0 Å². The van der Waals surface area contributed by atoms with Gasteiger partial charge in [0.05, 0.1) is 4.88 Å². The van der Waals surface area contributed by atoms with E-state index in [1.54, 1.807) is 11.3 Å². The Morgan fingerprint density at radius 2 is 1.65 bits per heavy atom. The molecule has 138 valence electrons. The van der Waals surface area contributed by atoms with Gasteiger partial charge in [-0.2, -0.15) is 0 Å². The van der Waals surface area contributed by atoms with E-state index in [0.717, 1.165) is 49.2 Å². The number of piperidine rings is 2. The molecule has 2 saturated heterocycles. The Balaban J connectivity index is 1.41. The van der Waals surface area contributed by atoms with Gasteiger partial charge in [-0.3, -0.25) is 9.59 Å². The normalized spacial score (nSPS) is 19.1. The van der Waals surface area contributed by atoms with Crippen molar-refractivity contribution in [3.63, 3.8) is 0 Å². The second-order valence-electron chi connectivity index (χ2n) is 7.50. The fourth-order valence-corrected chi connectivity index (χ4v) is 5.40. The smallest absolute Gasteiger partial charge is 0.264 e. The van der Waals surface area contributed by atoms with Gasteiger partial charge in [-0.05, 0) is 56.0 Å². The summed E-state index contributed by atoms with van der Waals surface area (Å²) in [5.74, 6) is 0.545. The van der Waals surface area contributed by atoms with Crippen LogP contribution in [0.5, 0.6) is 0 Å². The number of carbonyl (C=O) groups is 2. The number of hydrogen-bond donors (Lipinski definition) is 0. The molecule has 0 bridgehead atoms. The van der Waals surface area contributed by atoms with Crippen LogP contribution in [0.1, 0.15) is 47.3 Å². The van der Waals surface area contributed by atoms with E-state index >= 15 is 0 Å². The number of hydrogen-bond acceptors (Lipinski definition) is 3. The molecule has 2 aromatic rings. The average molecular weight is 371 g/mol. The maximum absolute atomic E-state index is 13.0. The number of aryl methyl sites for hydroxylation is 1. The quantitative estimate of drug-likeness (QED) is 0.799. The zero-order valence-corrected chi connectivity index (χ0v) is 16.2. The number of nitrogens with zero attached hydrogens (tertiary/aromatic N) is 2. The first-order valence-corrected chi connectivity index (χ1v) is 10.5. The van der Waals surface area contributed by atoms with E-state index in [2.05, 4.69) is 12.1 Å². The summed E-state index contributed by atoms with van der Waals surface area (Å²) < 4.78 is 1.17. The summed E-state index contributed by atoms with van der Waals surface area (Å²) in [5, 5.41) is 1.18. The molecule has 0 atom stereocenters. The van der Waals surface area contributed by atoms with Gasteiger partial charge in [-0.15, -0.1) is 11.3 Å². The molecule has 4 nitrogen and oxygen atoms in total. The van der Waals surface area contributed by atoms with Crippen molar-refractivity contribution in [2.24, 2.45) is 5.92 Å². The molecular weight excluding hydrogens is 344 g/mol. The monoisotopic (exact) mass is 370 g/mol. The maximum Gasteiger partial charge on any atom is 0.264 e. The van der Waals surface area contributed by atoms with Gasteiger partial charge >= 0.3 is 0 Å². The van der Waals surface area contributed by atoms with E-state index in [-0.39, 0.29) is 11.8 Å². The van der Waals surface area contributed by atoms with Crippen LogP contribution < -0.4 is 0 Å². The number of carbonyl (C=O) groups excluding carboxylic acids is 2. The summed E-state index contributed by atoms with van der Waals surface area (Å²) in [4.78, 5) is 30.5. The van der Waals surface area contributed by atoms with Gasteiger partial charge < -0.3 is 9.80 Å². The Labute approximate surface area is 158 Å². The third kappa shape index (κ3) is 3.25. The summed E-state index contributed by atoms with van der Waals surface area (Å²) in [5.41, 5.74) is 1.09. The van der Waals surface area contributed by atoms with Crippen LogP contribution in [0.4, 0.5) is 0 Å². The third-order valence-corrected chi connectivity index (χ3v) is 7.10. The Bertz CT molecular complexity index is 815. The van der Waals surface area contributed by atoms with Crippen LogP contribution in [-0.4, -0.2) is 47.8 Å². The summed E-state index contributed by atoms with van der Waals surface area (Å²) in [6.45, 7) is 5.25. The summed E-state index contributed by atoms with van der Waals surface area (Å²) >= 11 is 1.59. The first kappa shape index (κ1) is 17.5. The van der Waals surface area contributed by atoms with Gasteiger partial charge in [0.25, 0.3) is 5.91 Å². The molecule has 0 spiro atoms. The van der Waals surface area contributed by atoms with Crippen LogP contribution in [0, 0.1) is 12.8 Å². The number of benzene rings is 1. The minimum absolute atomic E-state index is 0.0978. The Morgan fingerprint density at radius 1 is 0.962 bits per heavy atom. The van der Waals surface area contributed by atoms with E-state index in [4.69, 9.17) is 0 Å². The summed E-state index contributed by atoms with van der Waals surface area (Å²) in [6, 6.07) is 8.20. The Kier molecular flexibility index (Phi) is 4.98. The SMILES string of the molecule is Cc1c(C(=O)N2CCC(C(=O)N3CCCCC3)CC2)sc2ccccc12. The molecular formula is C21H26N2O2S. The van der Waals surface area contributed by atoms with Crippen LogP contribution in [-0.2, 0) is 4.79 Å². The van der Waals surface area contributed by atoms with Gasteiger partial charge in [0.15, 0.2) is 0 Å². The van der Waals surface area contributed by atoms with Crippen LogP contribution in [0.25, 0.3) is 10.1 Å². The highest BCUT2D eigenvalue weighted by Crippen LogP contribution is 2.32. The third-order valence-electron chi connectivity index (χ3n) is 5.84. The largest absolute Gasteiger partial charge is 0.342 e. The lowest BCUT2D eigenvalue weighted by Gasteiger charge is -2.35. The molecule has 4 rings (SSSR count). The van der Waals surface area contributed by atoms with E-state index < -0.39 is 0 Å². The molecule has 0 N–H and O–H groups in total. The minimum Gasteiger partial charge on any atom is -0.342 e. The highest BCUT2D eigenvalue weighted by Gasteiger charge is 2.31. The zero-order chi connectivity index (χ0) is 18.1. The van der Waals surface area contributed by atoms with Gasteiger partial charge in [0.1, 0.15) is 0 Å². The van der Waals surface area contributed by atoms with Crippen LogP contribution >= 0.6 is 11.3 Å². The second-order valence-corrected chi connectivity index (χ2v) is 8.56. The van der Waals surface area contributed by atoms with Crippen LogP contribution in [0.15, 0.2) is 24.3 Å². The Morgan fingerprint density at radius 3 is 2.35 bits per heavy atom. The fraction of sp³-hybridized carbons (Fsp3) is 0.524. The molecule has 2 amide bonds. The van der Waals surface area contributed by atoms with Crippen molar-refractivity contribution in [3.05, 3.63) is 34.7 Å². The van der Waals surface area contributed by atoms with Gasteiger partial charge in [-0.1, -0.05) is 18.2 Å². The molecule has 26 heavy (non-hydrogen) atoms. The summed E-state index contributed by atoms with van der Waals surface area (Å²) in [7, 11) is 0. The van der Waals surface area contributed by atoms with Gasteiger partial charge in [0, 0.05) is 36.8 Å². The molecule has 5 heteroatoms. The molecule has 1 aromatic carbocycles. The lowest BCUT2D eigenvalue weighted by Crippen LogP contribution is -2.45. The zero-order valence-electron chi connectivity index (χ0n) is 15.4. The topological polar surface area (TPSA) is 40.6 Å². The average Bonchev–Trinajstić information content (AvgIpc) is 3.04. The molecule has 0 saturated carbocycles. The molecule has 0 radical (unpaired) electrons.